The summed E-state index contributed by atoms with van der Waals surface area (Å²) in [5, 5.41) is 11.4. The minimum Gasteiger partial charge on any atom is -0.504 e. The molecule has 0 radical (unpaired) electrons. The van der Waals surface area contributed by atoms with Crippen molar-refractivity contribution in [2.75, 3.05) is 0 Å². The molecule has 0 saturated carbocycles. The molecule has 1 N–H and O–H groups in total. The predicted octanol–water partition coefficient (Wildman–Crippen LogP) is 4.09. The highest BCUT2D eigenvalue weighted by Crippen LogP contribution is 2.37. The number of hydrogen-bond acceptors (Lipinski definition) is 3. The molecule has 3 rings (SSSR count). The average Bonchev–Trinajstić information content (AvgIpc) is 2.43. The fourth-order valence-electron chi connectivity index (χ4n) is 2.89. The third-order valence-corrected chi connectivity index (χ3v) is 3.72. The lowest BCUT2D eigenvalue weighted by Gasteiger charge is -2.12. The summed E-state index contributed by atoms with van der Waals surface area (Å²) in [6, 6.07) is 10.9. The molecule has 0 bridgehead atoms. The van der Waals surface area contributed by atoms with Crippen LogP contribution >= 0.6 is 0 Å². The first-order valence-corrected chi connectivity index (χ1v) is 6.82. The molecule has 3 nitrogen and oxygen atoms in total. The molecule has 2 aromatic carbocycles. The normalized spacial score (nSPS) is 11.0. The fourth-order valence-corrected chi connectivity index (χ4v) is 2.89. The molecule has 3 heteroatoms. The van der Waals surface area contributed by atoms with Crippen molar-refractivity contribution in [3.63, 3.8) is 0 Å². The maximum absolute atomic E-state index is 12.1. The molecule has 106 valence electrons. The van der Waals surface area contributed by atoms with Crippen molar-refractivity contribution < 1.29 is 9.52 Å². The minimum absolute atomic E-state index is 0.0141. The van der Waals surface area contributed by atoms with Gasteiger partial charge in [0.1, 0.15) is 0 Å². The quantitative estimate of drug-likeness (QED) is 0.730. The van der Waals surface area contributed by atoms with Gasteiger partial charge in [0.2, 0.25) is 0 Å². The fraction of sp³-hybridized carbons (Fsp3) is 0.167. The van der Waals surface area contributed by atoms with Gasteiger partial charge in [0.05, 0.1) is 5.39 Å². The summed E-state index contributed by atoms with van der Waals surface area (Å²) in [7, 11) is 0. The van der Waals surface area contributed by atoms with E-state index in [4.69, 9.17) is 4.42 Å². The van der Waals surface area contributed by atoms with Crippen LogP contribution < -0.4 is 5.63 Å². The van der Waals surface area contributed by atoms with E-state index in [1.165, 1.54) is 0 Å². The number of rotatable bonds is 1. The second kappa shape index (κ2) is 4.77. The maximum Gasteiger partial charge on any atom is 0.344 e. The molecule has 21 heavy (non-hydrogen) atoms. The molecule has 0 saturated heterocycles. The predicted molar refractivity (Wildman–Crippen MR) is 83.8 cm³/mol. The van der Waals surface area contributed by atoms with Crippen LogP contribution in [0.15, 0.2) is 45.6 Å². The number of hydrogen-bond donors (Lipinski definition) is 1. The van der Waals surface area contributed by atoms with Crippen molar-refractivity contribution >= 4 is 10.8 Å². The Hall–Kier alpha value is -2.55. The van der Waals surface area contributed by atoms with E-state index >= 15 is 0 Å². The summed E-state index contributed by atoms with van der Waals surface area (Å²) in [5.41, 5.74) is 3.43. The van der Waals surface area contributed by atoms with Gasteiger partial charge < -0.3 is 9.52 Å². The standard InChI is InChI=1S/C18H16O3/c1-10-8-11(2)15(12(3)9-10)17-16(19)13-6-4-5-7-14(13)18(20)21-17/h4-9,19H,1-3H3. The summed E-state index contributed by atoms with van der Waals surface area (Å²) >= 11 is 0. The van der Waals surface area contributed by atoms with Gasteiger partial charge >= 0.3 is 5.63 Å². The molecule has 0 atom stereocenters. The van der Waals surface area contributed by atoms with Gasteiger partial charge in [0.25, 0.3) is 0 Å². The Morgan fingerprint density at radius 1 is 0.952 bits per heavy atom. The van der Waals surface area contributed by atoms with Crippen molar-refractivity contribution in [1.29, 1.82) is 0 Å². The van der Waals surface area contributed by atoms with E-state index in [1.807, 2.05) is 32.9 Å². The Balaban J connectivity index is 2.42. The first kappa shape index (κ1) is 13.4. The van der Waals surface area contributed by atoms with Crippen LogP contribution in [0.25, 0.3) is 22.1 Å². The average molecular weight is 280 g/mol. The summed E-state index contributed by atoms with van der Waals surface area (Å²) in [5.74, 6) is 0.258. The van der Waals surface area contributed by atoms with E-state index in [9.17, 15) is 9.90 Å². The highest BCUT2D eigenvalue weighted by atomic mass is 16.4. The van der Waals surface area contributed by atoms with Gasteiger partial charge in [0.15, 0.2) is 11.5 Å². The molecule has 0 spiro atoms. The Bertz CT molecular complexity index is 881. The van der Waals surface area contributed by atoms with E-state index in [1.54, 1.807) is 24.3 Å². The third-order valence-electron chi connectivity index (χ3n) is 3.72. The van der Waals surface area contributed by atoms with Crippen molar-refractivity contribution in [3.8, 4) is 17.1 Å². The Morgan fingerprint density at radius 3 is 2.14 bits per heavy atom. The van der Waals surface area contributed by atoms with Crippen molar-refractivity contribution in [2.45, 2.75) is 20.8 Å². The van der Waals surface area contributed by atoms with Crippen molar-refractivity contribution in [1.82, 2.24) is 0 Å². The summed E-state index contributed by atoms with van der Waals surface area (Å²) in [6.07, 6.45) is 0. The molecule has 0 fully saturated rings. The first-order chi connectivity index (χ1) is 9.99. The number of aryl methyl sites for hydroxylation is 3. The van der Waals surface area contributed by atoms with Gasteiger partial charge in [-0.25, -0.2) is 4.79 Å². The van der Waals surface area contributed by atoms with Gasteiger partial charge in [-0.3, -0.25) is 0 Å². The maximum atomic E-state index is 12.1. The molecule has 0 unspecified atom stereocenters. The minimum atomic E-state index is -0.433. The van der Waals surface area contributed by atoms with E-state index in [2.05, 4.69) is 0 Å². The van der Waals surface area contributed by atoms with Crippen LogP contribution in [-0.2, 0) is 0 Å². The molecular weight excluding hydrogens is 264 g/mol. The van der Waals surface area contributed by atoms with Crippen LogP contribution in [0.4, 0.5) is 0 Å². The van der Waals surface area contributed by atoms with Crippen LogP contribution in [0.5, 0.6) is 5.75 Å². The molecule has 0 aliphatic carbocycles. The monoisotopic (exact) mass is 280 g/mol. The lowest BCUT2D eigenvalue weighted by atomic mass is 9.96. The van der Waals surface area contributed by atoms with E-state index < -0.39 is 5.63 Å². The molecule has 0 amide bonds. The first-order valence-electron chi connectivity index (χ1n) is 6.82. The van der Waals surface area contributed by atoms with Gasteiger partial charge in [-0.1, -0.05) is 35.9 Å². The molecule has 1 heterocycles. The summed E-state index contributed by atoms with van der Waals surface area (Å²) in [4.78, 5) is 12.1. The number of benzene rings is 2. The molecule has 0 aliphatic rings. The number of aromatic hydroxyl groups is 1. The molecular formula is C18H16O3. The smallest absolute Gasteiger partial charge is 0.344 e. The van der Waals surface area contributed by atoms with E-state index in [-0.39, 0.29) is 11.5 Å². The summed E-state index contributed by atoms with van der Waals surface area (Å²) in [6.45, 7) is 5.91. The van der Waals surface area contributed by atoms with Crippen LogP contribution in [0, 0.1) is 20.8 Å². The van der Waals surface area contributed by atoms with Crippen molar-refractivity contribution in [3.05, 3.63) is 63.5 Å². The van der Waals surface area contributed by atoms with Crippen LogP contribution in [0.3, 0.4) is 0 Å². The van der Waals surface area contributed by atoms with E-state index in [0.717, 1.165) is 22.3 Å². The highest BCUT2D eigenvalue weighted by Gasteiger charge is 2.18. The number of fused-ring (bicyclic) bond motifs is 1. The van der Waals surface area contributed by atoms with E-state index in [0.29, 0.717) is 10.8 Å². The third kappa shape index (κ3) is 2.11. The lowest BCUT2D eigenvalue weighted by molar-refractivity contribution is 0.442. The van der Waals surface area contributed by atoms with Gasteiger partial charge in [0, 0.05) is 10.9 Å². The molecule has 3 aromatic rings. The highest BCUT2D eigenvalue weighted by molar-refractivity contribution is 5.92. The largest absolute Gasteiger partial charge is 0.504 e. The second-order valence-corrected chi connectivity index (χ2v) is 5.39. The summed E-state index contributed by atoms with van der Waals surface area (Å²) < 4.78 is 5.40. The Kier molecular flexibility index (Phi) is 3.05. The van der Waals surface area contributed by atoms with Crippen molar-refractivity contribution in [2.24, 2.45) is 0 Å². The lowest BCUT2D eigenvalue weighted by Crippen LogP contribution is -2.02. The molecule has 0 aliphatic heterocycles. The molecule has 1 aromatic heterocycles. The SMILES string of the molecule is Cc1cc(C)c(-c2oc(=O)c3ccccc3c2O)c(C)c1. The topological polar surface area (TPSA) is 50.4 Å². The Morgan fingerprint density at radius 2 is 1.52 bits per heavy atom. The zero-order chi connectivity index (χ0) is 15.1. The van der Waals surface area contributed by atoms with Crippen LogP contribution in [-0.4, -0.2) is 5.11 Å². The van der Waals surface area contributed by atoms with Crippen LogP contribution in [0.2, 0.25) is 0 Å². The Labute approximate surface area is 122 Å². The zero-order valence-electron chi connectivity index (χ0n) is 12.2. The van der Waals surface area contributed by atoms with Crippen LogP contribution in [0.1, 0.15) is 16.7 Å². The van der Waals surface area contributed by atoms with Gasteiger partial charge in [-0.2, -0.15) is 0 Å². The van der Waals surface area contributed by atoms with Gasteiger partial charge in [-0.05, 0) is 38.0 Å². The van der Waals surface area contributed by atoms with Gasteiger partial charge in [-0.15, -0.1) is 0 Å². The zero-order valence-corrected chi connectivity index (χ0v) is 12.2. The second-order valence-electron chi connectivity index (χ2n) is 5.39.